The van der Waals surface area contributed by atoms with Crippen molar-refractivity contribution in [3.05, 3.63) is 5.82 Å². The van der Waals surface area contributed by atoms with Crippen molar-refractivity contribution in [2.45, 2.75) is 50.7 Å². The number of rotatable bonds is 7. The lowest BCUT2D eigenvalue weighted by molar-refractivity contribution is -0.135. The minimum absolute atomic E-state index is 0.0237. The molecule has 0 radical (unpaired) electrons. The Morgan fingerprint density at radius 2 is 2.04 bits per heavy atom. The number of urea groups is 1. The summed E-state index contributed by atoms with van der Waals surface area (Å²) in [5.74, 6) is -0.812. The fourth-order valence-corrected chi connectivity index (χ4v) is 3.55. The molecule has 2 fully saturated rings. The Labute approximate surface area is 155 Å². The summed E-state index contributed by atoms with van der Waals surface area (Å²) in [6, 6.07) is -1.43. The molecule has 1 aromatic rings. The summed E-state index contributed by atoms with van der Waals surface area (Å²) in [7, 11) is 0. The SMILES string of the molecule is O=CNCC(=O)N1C(=O)N(C2CCCCC2)C[C@H]1C(=O)NCc1nn[nH]n1. The van der Waals surface area contributed by atoms with Crippen molar-refractivity contribution >= 4 is 24.3 Å². The molecule has 1 atom stereocenters. The Balaban J connectivity index is 1.72. The third kappa shape index (κ3) is 4.20. The summed E-state index contributed by atoms with van der Waals surface area (Å²) >= 11 is 0. The molecule has 0 bridgehead atoms. The quantitative estimate of drug-likeness (QED) is 0.489. The number of tetrazole rings is 1. The monoisotopic (exact) mass is 378 g/mol. The van der Waals surface area contributed by atoms with Gasteiger partial charge in [-0.15, -0.1) is 10.2 Å². The van der Waals surface area contributed by atoms with E-state index in [4.69, 9.17) is 0 Å². The van der Waals surface area contributed by atoms with Crippen LogP contribution in [0.25, 0.3) is 0 Å². The fourth-order valence-electron chi connectivity index (χ4n) is 3.55. The first kappa shape index (κ1) is 18.7. The zero-order valence-corrected chi connectivity index (χ0v) is 14.8. The van der Waals surface area contributed by atoms with Gasteiger partial charge in [0.15, 0.2) is 5.82 Å². The zero-order valence-electron chi connectivity index (χ0n) is 14.8. The second-order valence-corrected chi connectivity index (χ2v) is 6.55. The predicted molar refractivity (Wildman–Crippen MR) is 89.7 cm³/mol. The van der Waals surface area contributed by atoms with Crippen molar-refractivity contribution in [2.75, 3.05) is 13.1 Å². The average Bonchev–Trinajstić information content (AvgIpc) is 3.32. The minimum atomic E-state index is -0.965. The van der Waals surface area contributed by atoms with Crippen LogP contribution in [-0.4, -0.2) is 79.9 Å². The highest BCUT2D eigenvalue weighted by atomic mass is 16.2. The summed E-state index contributed by atoms with van der Waals surface area (Å²) in [5, 5.41) is 18.0. The van der Waals surface area contributed by atoms with Crippen LogP contribution in [0.3, 0.4) is 0 Å². The maximum absolute atomic E-state index is 12.9. The maximum Gasteiger partial charge on any atom is 0.327 e. The average molecular weight is 378 g/mol. The van der Waals surface area contributed by atoms with Gasteiger partial charge in [-0.1, -0.05) is 24.5 Å². The van der Waals surface area contributed by atoms with Gasteiger partial charge < -0.3 is 15.5 Å². The summed E-state index contributed by atoms with van der Waals surface area (Å²) in [5.41, 5.74) is 0. The molecule has 2 aliphatic rings. The Morgan fingerprint density at radius 3 is 2.70 bits per heavy atom. The third-order valence-corrected chi connectivity index (χ3v) is 4.87. The highest BCUT2D eigenvalue weighted by Crippen LogP contribution is 2.28. The molecule has 0 unspecified atom stereocenters. The Hall–Kier alpha value is -3.05. The van der Waals surface area contributed by atoms with Crippen LogP contribution in [0, 0.1) is 0 Å². The summed E-state index contributed by atoms with van der Waals surface area (Å²) in [6.45, 7) is -0.186. The van der Waals surface area contributed by atoms with Crippen molar-refractivity contribution in [3.63, 3.8) is 0 Å². The van der Waals surface area contributed by atoms with Gasteiger partial charge in [0, 0.05) is 6.04 Å². The van der Waals surface area contributed by atoms with Crippen molar-refractivity contribution in [3.8, 4) is 0 Å². The Kier molecular flexibility index (Phi) is 5.94. The van der Waals surface area contributed by atoms with E-state index in [1.165, 1.54) is 0 Å². The van der Waals surface area contributed by atoms with E-state index in [9.17, 15) is 19.2 Å². The van der Waals surface area contributed by atoms with E-state index in [-0.39, 0.29) is 31.5 Å². The van der Waals surface area contributed by atoms with E-state index in [0.29, 0.717) is 6.41 Å². The van der Waals surface area contributed by atoms with Crippen LogP contribution in [0.15, 0.2) is 0 Å². The lowest BCUT2D eigenvalue weighted by Crippen LogP contribution is -2.50. The molecular weight excluding hydrogens is 356 g/mol. The number of nitrogens with one attached hydrogen (secondary N) is 3. The predicted octanol–water partition coefficient (Wildman–Crippen LogP) is -1.47. The molecule has 3 N–H and O–H groups in total. The molecule has 12 heteroatoms. The lowest BCUT2D eigenvalue weighted by atomic mass is 9.94. The number of carbonyl (C=O) groups excluding carboxylic acids is 4. The summed E-state index contributed by atoms with van der Waals surface area (Å²) < 4.78 is 0. The van der Waals surface area contributed by atoms with Gasteiger partial charge in [-0.3, -0.25) is 14.4 Å². The number of hydrogen-bond acceptors (Lipinski definition) is 7. The third-order valence-electron chi connectivity index (χ3n) is 4.87. The molecule has 1 saturated heterocycles. The smallest absolute Gasteiger partial charge is 0.327 e. The number of imide groups is 1. The molecule has 1 aliphatic carbocycles. The molecule has 0 spiro atoms. The second-order valence-electron chi connectivity index (χ2n) is 6.55. The van der Waals surface area contributed by atoms with E-state index in [1.54, 1.807) is 4.90 Å². The highest BCUT2D eigenvalue weighted by Gasteiger charge is 2.47. The van der Waals surface area contributed by atoms with Gasteiger partial charge in [0.05, 0.1) is 19.6 Å². The molecule has 12 nitrogen and oxygen atoms in total. The van der Waals surface area contributed by atoms with Crippen LogP contribution >= 0.6 is 0 Å². The molecule has 27 heavy (non-hydrogen) atoms. The second kappa shape index (κ2) is 8.56. The fraction of sp³-hybridized carbons (Fsp3) is 0.667. The Morgan fingerprint density at radius 1 is 1.26 bits per heavy atom. The van der Waals surface area contributed by atoms with Crippen LogP contribution in [0.1, 0.15) is 37.9 Å². The molecule has 2 heterocycles. The topological polar surface area (TPSA) is 153 Å². The number of H-pyrrole nitrogens is 1. The number of amides is 5. The minimum Gasteiger partial charge on any atom is -0.350 e. The van der Waals surface area contributed by atoms with Gasteiger partial charge in [0.1, 0.15) is 6.04 Å². The van der Waals surface area contributed by atoms with Gasteiger partial charge in [-0.05, 0) is 12.8 Å². The molecule has 0 aromatic carbocycles. The molecule has 3 rings (SSSR count). The normalized spacial score (nSPS) is 20.6. The van der Waals surface area contributed by atoms with Crippen LogP contribution in [0.5, 0.6) is 0 Å². The lowest BCUT2D eigenvalue weighted by Gasteiger charge is -2.30. The van der Waals surface area contributed by atoms with Crippen LogP contribution in [0.2, 0.25) is 0 Å². The van der Waals surface area contributed by atoms with Crippen molar-refractivity contribution in [1.82, 2.24) is 41.1 Å². The van der Waals surface area contributed by atoms with Gasteiger partial charge in [0.25, 0.3) is 5.91 Å². The van der Waals surface area contributed by atoms with Crippen molar-refractivity contribution in [1.29, 1.82) is 0 Å². The molecular formula is C15H22N8O4. The van der Waals surface area contributed by atoms with Gasteiger partial charge >= 0.3 is 6.03 Å². The standard InChI is InChI=1S/C15H22N8O4/c24-9-16-7-13(25)23-11(14(26)17-6-12-18-20-21-19-12)8-22(15(23)27)10-4-2-1-3-5-10/h9-11H,1-8H2,(H,16,24)(H,17,26)(H,18,19,20,21)/t11-/m0/s1. The van der Waals surface area contributed by atoms with E-state index >= 15 is 0 Å². The first-order chi connectivity index (χ1) is 13.1. The molecule has 1 saturated carbocycles. The number of aromatic amines is 1. The molecule has 1 aromatic heterocycles. The number of hydrogen-bond donors (Lipinski definition) is 3. The zero-order chi connectivity index (χ0) is 19.2. The van der Waals surface area contributed by atoms with Gasteiger partial charge in [0.2, 0.25) is 12.3 Å². The van der Waals surface area contributed by atoms with Crippen LogP contribution in [-0.2, 0) is 20.9 Å². The molecule has 146 valence electrons. The maximum atomic E-state index is 12.9. The molecule has 5 amide bonds. The number of aromatic nitrogens is 4. The van der Waals surface area contributed by atoms with Crippen molar-refractivity contribution in [2.24, 2.45) is 0 Å². The first-order valence-corrected chi connectivity index (χ1v) is 8.91. The molecule has 1 aliphatic heterocycles. The van der Waals surface area contributed by atoms with Crippen LogP contribution in [0.4, 0.5) is 4.79 Å². The number of carbonyl (C=O) groups is 4. The summed E-state index contributed by atoms with van der Waals surface area (Å²) in [6.07, 6.45) is 5.25. The summed E-state index contributed by atoms with van der Waals surface area (Å²) in [4.78, 5) is 51.0. The number of nitrogens with zero attached hydrogens (tertiary/aromatic N) is 5. The van der Waals surface area contributed by atoms with Gasteiger partial charge in [-0.25, -0.2) is 9.69 Å². The van der Waals surface area contributed by atoms with Gasteiger partial charge in [-0.2, -0.15) is 5.21 Å². The largest absolute Gasteiger partial charge is 0.350 e. The van der Waals surface area contributed by atoms with Crippen LogP contribution < -0.4 is 10.6 Å². The highest BCUT2D eigenvalue weighted by molar-refractivity contribution is 6.03. The van der Waals surface area contributed by atoms with E-state index < -0.39 is 23.9 Å². The Bertz CT molecular complexity index is 688. The van der Waals surface area contributed by atoms with E-state index in [0.717, 1.165) is 37.0 Å². The van der Waals surface area contributed by atoms with E-state index in [1.807, 2.05) is 0 Å². The first-order valence-electron chi connectivity index (χ1n) is 8.91. The van der Waals surface area contributed by atoms with Crippen molar-refractivity contribution < 1.29 is 19.2 Å². The van der Waals surface area contributed by atoms with E-state index in [2.05, 4.69) is 31.3 Å².